The van der Waals surface area contributed by atoms with Crippen molar-refractivity contribution in [1.29, 1.82) is 0 Å². The predicted octanol–water partition coefficient (Wildman–Crippen LogP) is 8.82. The first-order valence-electron chi connectivity index (χ1n) is 14.0. The molecule has 31 heavy (non-hydrogen) atoms. The molecule has 0 N–H and O–H groups in total. The summed E-state index contributed by atoms with van der Waals surface area (Å²) in [6.45, 7) is 17.1. The van der Waals surface area contributed by atoms with Gasteiger partial charge in [-0.25, -0.2) is 0 Å². The Morgan fingerprint density at radius 2 is 1.71 bits per heavy atom. The van der Waals surface area contributed by atoms with Crippen LogP contribution in [0.1, 0.15) is 119 Å². The van der Waals surface area contributed by atoms with E-state index in [9.17, 15) is 0 Å². The van der Waals surface area contributed by atoms with Gasteiger partial charge in [-0.3, -0.25) is 0 Å². The Hall–Kier alpha value is -0.300. The van der Waals surface area contributed by atoms with Crippen LogP contribution in [0.15, 0.2) is 11.6 Å². The number of hydrogen-bond acceptors (Lipinski definition) is 1. The first-order chi connectivity index (χ1) is 14.6. The standard InChI is InChI=1S/C30H52O/c1-20(2)9-8-10-22(5)26-13-14-27-25-12-11-23-19-24(31-21(3)4)15-17-29(23,6)28(25)16-18-30(26,27)7/h11,20-22,24-28H,8-10,12-19H2,1-7H3/t22-,24-,25+,26-,27+,28+,29-,30-/m0/s1. The highest BCUT2D eigenvalue weighted by atomic mass is 16.5. The van der Waals surface area contributed by atoms with E-state index in [0.29, 0.717) is 23.0 Å². The Balaban J connectivity index is 1.46. The van der Waals surface area contributed by atoms with E-state index in [4.69, 9.17) is 4.74 Å². The van der Waals surface area contributed by atoms with Crippen molar-refractivity contribution in [2.75, 3.05) is 0 Å². The third-order valence-electron chi connectivity index (χ3n) is 10.7. The molecule has 0 amide bonds. The van der Waals surface area contributed by atoms with E-state index in [-0.39, 0.29) is 0 Å². The molecule has 0 unspecified atom stereocenters. The summed E-state index contributed by atoms with van der Waals surface area (Å²) in [4.78, 5) is 0. The Morgan fingerprint density at radius 3 is 2.42 bits per heavy atom. The van der Waals surface area contributed by atoms with Gasteiger partial charge in [0.05, 0.1) is 12.2 Å². The second-order valence-corrected chi connectivity index (χ2v) is 13.3. The summed E-state index contributed by atoms with van der Waals surface area (Å²) in [6, 6.07) is 0. The largest absolute Gasteiger partial charge is 0.375 e. The summed E-state index contributed by atoms with van der Waals surface area (Å²) >= 11 is 0. The van der Waals surface area contributed by atoms with Crippen LogP contribution in [0.4, 0.5) is 0 Å². The van der Waals surface area contributed by atoms with Gasteiger partial charge in [-0.05, 0) is 112 Å². The summed E-state index contributed by atoms with van der Waals surface area (Å²) in [7, 11) is 0. The molecular formula is C30H52O. The van der Waals surface area contributed by atoms with Crippen molar-refractivity contribution in [2.24, 2.45) is 46.3 Å². The Morgan fingerprint density at radius 1 is 0.935 bits per heavy atom. The number of ether oxygens (including phenoxy) is 1. The normalized spacial score (nSPS) is 43.4. The minimum atomic E-state index is 0.361. The van der Waals surface area contributed by atoms with Gasteiger partial charge in [-0.1, -0.05) is 65.5 Å². The lowest BCUT2D eigenvalue weighted by Gasteiger charge is -2.58. The van der Waals surface area contributed by atoms with E-state index in [1.807, 2.05) is 0 Å². The van der Waals surface area contributed by atoms with Crippen LogP contribution in [0.25, 0.3) is 0 Å². The summed E-state index contributed by atoms with van der Waals surface area (Å²) in [5.74, 6) is 5.60. The molecule has 0 saturated heterocycles. The highest BCUT2D eigenvalue weighted by Gasteiger charge is 2.59. The molecule has 8 atom stereocenters. The Kier molecular flexibility index (Phi) is 7.04. The van der Waals surface area contributed by atoms with Crippen LogP contribution in [0.2, 0.25) is 0 Å². The van der Waals surface area contributed by atoms with Crippen LogP contribution < -0.4 is 0 Å². The smallest absolute Gasteiger partial charge is 0.0616 e. The molecule has 0 aromatic rings. The molecule has 0 radical (unpaired) electrons. The van der Waals surface area contributed by atoms with Gasteiger partial charge in [0, 0.05) is 0 Å². The fourth-order valence-corrected chi connectivity index (χ4v) is 9.15. The summed E-state index contributed by atoms with van der Waals surface area (Å²) in [6.07, 6.45) is 19.0. The zero-order valence-corrected chi connectivity index (χ0v) is 21.9. The average molecular weight is 429 g/mol. The van der Waals surface area contributed by atoms with E-state index in [1.54, 1.807) is 5.57 Å². The van der Waals surface area contributed by atoms with Crippen LogP contribution in [0.3, 0.4) is 0 Å². The number of hydrogen-bond donors (Lipinski definition) is 0. The zero-order chi connectivity index (χ0) is 22.4. The van der Waals surface area contributed by atoms with Gasteiger partial charge in [0.1, 0.15) is 0 Å². The molecular weight excluding hydrogens is 376 g/mol. The lowest BCUT2D eigenvalue weighted by molar-refractivity contribution is -0.0707. The molecule has 178 valence electrons. The maximum atomic E-state index is 6.25. The molecule has 4 aliphatic rings. The zero-order valence-electron chi connectivity index (χ0n) is 21.9. The van der Waals surface area contributed by atoms with Crippen LogP contribution in [0, 0.1) is 46.3 Å². The van der Waals surface area contributed by atoms with Gasteiger partial charge in [-0.2, -0.15) is 0 Å². The first-order valence-corrected chi connectivity index (χ1v) is 14.0. The van der Waals surface area contributed by atoms with Crippen molar-refractivity contribution in [3.63, 3.8) is 0 Å². The van der Waals surface area contributed by atoms with Crippen molar-refractivity contribution in [1.82, 2.24) is 0 Å². The molecule has 0 bridgehead atoms. The number of allylic oxidation sites excluding steroid dienone is 1. The number of fused-ring (bicyclic) bond motifs is 5. The van der Waals surface area contributed by atoms with Crippen molar-refractivity contribution in [3.8, 4) is 0 Å². The highest BCUT2D eigenvalue weighted by Crippen LogP contribution is 2.67. The fraction of sp³-hybridized carbons (Fsp3) is 0.933. The topological polar surface area (TPSA) is 9.23 Å². The molecule has 0 aliphatic heterocycles. The fourth-order valence-electron chi connectivity index (χ4n) is 9.15. The molecule has 3 fully saturated rings. The van der Waals surface area contributed by atoms with E-state index in [2.05, 4.69) is 54.5 Å². The first kappa shape index (κ1) is 23.8. The second-order valence-electron chi connectivity index (χ2n) is 13.3. The Labute approximate surface area is 194 Å². The second kappa shape index (κ2) is 9.15. The Bertz CT molecular complexity index is 647. The predicted molar refractivity (Wildman–Crippen MR) is 133 cm³/mol. The minimum absolute atomic E-state index is 0.361. The summed E-state index contributed by atoms with van der Waals surface area (Å²) < 4.78 is 6.25. The molecule has 1 nitrogen and oxygen atoms in total. The quantitative estimate of drug-likeness (QED) is 0.368. The van der Waals surface area contributed by atoms with Crippen LogP contribution in [-0.4, -0.2) is 12.2 Å². The van der Waals surface area contributed by atoms with Gasteiger partial charge in [-0.15, -0.1) is 0 Å². The number of rotatable bonds is 7. The monoisotopic (exact) mass is 428 g/mol. The molecule has 4 aliphatic carbocycles. The van der Waals surface area contributed by atoms with Crippen LogP contribution >= 0.6 is 0 Å². The average Bonchev–Trinajstić information content (AvgIpc) is 3.05. The molecule has 1 heteroatoms. The molecule has 0 aromatic heterocycles. The van der Waals surface area contributed by atoms with Gasteiger partial charge in [0.15, 0.2) is 0 Å². The van der Waals surface area contributed by atoms with Crippen molar-refractivity contribution in [2.45, 2.75) is 131 Å². The summed E-state index contributed by atoms with van der Waals surface area (Å²) in [5, 5.41) is 0. The molecule has 0 heterocycles. The van der Waals surface area contributed by atoms with Gasteiger partial charge < -0.3 is 4.74 Å². The molecule has 3 saturated carbocycles. The third-order valence-corrected chi connectivity index (χ3v) is 10.7. The van der Waals surface area contributed by atoms with Gasteiger partial charge in [0.2, 0.25) is 0 Å². The van der Waals surface area contributed by atoms with Gasteiger partial charge in [0.25, 0.3) is 0 Å². The summed E-state index contributed by atoms with van der Waals surface area (Å²) in [5.41, 5.74) is 2.84. The molecule has 4 rings (SSSR count). The van der Waals surface area contributed by atoms with Crippen LogP contribution in [-0.2, 0) is 4.74 Å². The lowest BCUT2D eigenvalue weighted by atomic mass is 9.47. The highest BCUT2D eigenvalue weighted by molar-refractivity contribution is 5.25. The SMILES string of the molecule is CC(C)CCC[C@H](C)[C@@H]1CC[C@@H]2[C@H]3CC=C4C[C@@H](OC(C)C)CC[C@]4(C)[C@@H]3CC[C@]21C. The maximum Gasteiger partial charge on any atom is 0.0616 e. The third kappa shape index (κ3) is 4.43. The van der Waals surface area contributed by atoms with Gasteiger partial charge >= 0.3 is 0 Å². The van der Waals surface area contributed by atoms with E-state index < -0.39 is 0 Å². The van der Waals surface area contributed by atoms with E-state index >= 15 is 0 Å². The van der Waals surface area contributed by atoms with Crippen molar-refractivity contribution >= 4 is 0 Å². The molecule has 0 aromatic carbocycles. The molecule has 0 spiro atoms. The van der Waals surface area contributed by atoms with E-state index in [0.717, 1.165) is 35.5 Å². The van der Waals surface area contributed by atoms with E-state index in [1.165, 1.54) is 70.6 Å². The van der Waals surface area contributed by atoms with Crippen molar-refractivity contribution in [3.05, 3.63) is 11.6 Å². The minimum Gasteiger partial charge on any atom is -0.375 e. The van der Waals surface area contributed by atoms with Crippen molar-refractivity contribution < 1.29 is 4.74 Å². The lowest BCUT2D eigenvalue weighted by Crippen LogP contribution is -2.51. The maximum absolute atomic E-state index is 6.25. The van der Waals surface area contributed by atoms with Crippen LogP contribution in [0.5, 0.6) is 0 Å².